The van der Waals surface area contributed by atoms with Crippen LogP contribution in [0.15, 0.2) is 47.4 Å². The lowest BCUT2D eigenvalue weighted by Gasteiger charge is -2.16. The Balaban J connectivity index is 2.06. The highest BCUT2D eigenvalue weighted by molar-refractivity contribution is 8.00. The number of nitro benzene ring substituents is 1. The standard InChI is InChI=1S/C18H20N2O3S/c1-4-14-7-5-6-12(2)17(14)19-18(21)13(3)24-16-10-8-15(9-11-16)20(22)23/h5-11,13H,4H2,1-3H3,(H,19,21)/t13-/m1/s1. The monoisotopic (exact) mass is 344 g/mol. The first-order valence-corrected chi connectivity index (χ1v) is 8.60. The first-order chi connectivity index (χ1) is 11.4. The number of nitro groups is 1. The van der Waals surface area contributed by atoms with Gasteiger partial charge in [0.1, 0.15) is 0 Å². The number of carbonyl (C=O) groups excluding carboxylic acids is 1. The molecule has 0 unspecified atom stereocenters. The van der Waals surface area contributed by atoms with Gasteiger partial charge in [0.25, 0.3) is 5.69 Å². The van der Waals surface area contributed by atoms with Crippen LogP contribution in [0.1, 0.15) is 25.0 Å². The van der Waals surface area contributed by atoms with Crippen LogP contribution in [0.4, 0.5) is 11.4 Å². The Labute approximate surface area is 145 Å². The van der Waals surface area contributed by atoms with E-state index in [4.69, 9.17) is 0 Å². The van der Waals surface area contributed by atoms with Gasteiger partial charge in [-0.25, -0.2) is 0 Å². The largest absolute Gasteiger partial charge is 0.325 e. The lowest BCUT2D eigenvalue weighted by Crippen LogP contribution is -2.23. The van der Waals surface area contributed by atoms with E-state index in [-0.39, 0.29) is 16.8 Å². The van der Waals surface area contributed by atoms with Gasteiger partial charge in [-0.15, -0.1) is 11.8 Å². The van der Waals surface area contributed by atoms with Crippen LogP contribution < -0.4 is 5.32 Å². The van der Waals surface area contributed by atoms with Crippen molar-refractivity contribution in [2.45, 2.75) is 37.3 Å². The van der Waals surface area contributed by atoms with Gasteiger partial charge in [0.15, 0.2) is 0 Å². The van der Waals surface area contributed by atoms with Crippen molar-refractivity contribution < 1.29 is 9.72 Å². The van der Waals surface area contributed by atoms with Gasteiger partial charge >= 0.3 is 0 Å². The quantitative estimate of drug-likeness (QED) is 0.473. The van der Waals surface area contributed by atoms with E-state index < -0.39 is 4.92 Å². The second kappa shape index (κ2) is 7.97. The maximum absolute atomic E-state index is 12.5. The maximum Gasteiger partial charge on any atom is 0.269 e. The molecule has 0 bridgehead atoms. The molecule has 0 spiro atoms. The van der Waals surface area contributed by atoms with Gasteiger partial charge in [0, 0.05) is 22.7 Å². The number of para-hydroxylation sites is 1. The van der Waals surface area contributed by atoms with Crippen molar-refractivity contribution in [1.82, 2.24) is 0 Å². The maximum atomic E-state index is 12.5. The number of non-ortho nitro benzene ring substituents is 1. The molecule has 0 radical (unpaired) electrons. The van der Waals surface area contributed by atoms with Crippen LogP contribution in [-0.2, 0) is 11.2 Å². The summed E-state index contributed by atoms with van der Waals surface area (Å²) in [6.07, 6.45) is 0.848. The third kappa shape index (κ3) is 4.35. The van der Waals surface area contributed by atoms with Gasteiger partial charge in [0.05, 0.1) is 10.2 Å². The minimum absolute atomic E-state index is 0.0453. The molecule has 0 saturated heterocycles. The molecule has 2 aromatic carbocycles. The summed E-state index contributed by atoms with van der Waals surface area (Å²) in [6.45, 7) is 5.85. The molecule has 0 heterocycles. The smallest absolute Gasteiger partial charge is 0.269 e. The molecule has 2 aromatic rings. The minimum atomic E-state index is -0.435. The number of benzene rings is 2. The zero-order valence-corrected chi connectivity index (χ0v) is 14.7. The number of hydrogen-bond donors (Lipinski definition) is 1. The average Bonchev–Trinajstić information content (AvgIpc) is 2.57. The summed E-state index contributed by atoms with van der Waals surface area (Å²) >= 11 is 1.38. The Morgan fingerprint density at radius 2 is 1.92 bits per heavy atom. The number of anilines is 1. The van der Waals surface area contributed by atoms with Crippen molar-refractivity contribution in [3.63, 3.8) is 0 Å². The summed E-state index contributed by atoms with van der Waals surface area (Å²) in [4.78, 5) is 23.5. The Hall–Kier alpha value is -2.34. The van der Waals surface area contributed by atoms with E-state index in [1.165, 1.54) is 23.9 Å². The molecule has 1 atom stereocenters. The second-order valence-electron chi connectivity index (χ2n) is 5.46. The normalized spacial score (nSPS) is 11.8. The van der Waals surface area contributed by atoms with Gasteiger partial charge in [-0.05, 0) is 43.5 Å². The molecule has 0 fully saturated rings. The summed E-state index contributed by atoms with van der Waals surface area (Å²) < 4.78 is 0. The Morgan fingerprint density at radius 3 is 2.50 bits per heavy atom. The number of carbonyl (C=O) groups is 1. The molecule has 126 valence electrons. The van der Waals surface area contributed by atoms with E-state index in [9.17, 15) is 14.9 Å². The predicted octanol–water partition coefficient (Wildman–Crippen LogP) is 4.58. The van der Waals surface area contributed by atoms with Crippen molar-refractivity contribution in [2.75, 3.05) is 5.32 Å². The van der Waals surface area contributed by atoms with Crippen molar-refractivity contribution >= 4 is 29.0 Å². The number of hydrogen-bond acceptors (Lipinski definition) is 4. The third-order valence-corrected chi connectivity index (χ3v) is 4.83. The molecule has 2 rings (SSSR count). The number of thioether (sulfide) groups is 1. The fourth-order valence-corrected chi connectivity index (χ4v) is 3.20. The molecule has 24 heavy (non-hydrogen) atoms. The van der Waals surface area contributed by atoms with E-state index in [2.05, 4.69) is 12.2 Å². The highest BCUT2D eigenvalue weighted by Gasteiger charge is 2.17. The van der Waals surface area contributed by atoms with Crippen molar-refractivity contribution in [2.24, 2.45) is 0 Å². The molecule has 1 N–H and O–H groups in total. The number of aryl methyl sites for hydroxylation is 2. The summed E-state index contributed by atoms with van der Waals surface area (Å²) in [5, 5.41) is 13.4. The molecule has 0 aliphatic carbocycles. The summed E-state index contributed by atoms with van der Waals surface area (Å²) in [6, 6.07) is 12.2. The van der Waals surface area contributed by atoms with E-state index in [0.29, 0.717) is 0 Å². The van der Waals surface area contributed by atoms with Crippen LogP contribution in [0, 0.1) is 17.0 Å². The van der Waals surface area contributed by atoms with Gasteiger partial charge in [-0.1, -0.05) is 25.1 Å². The third-order valence-electron chi connectivity index (χ3n) is 3.72. The topological polar surface area (TPSA) is 72.2 Å². The first kappa shape index (κ1) is 18.0. The van der Waals surface area contributed by atoms with Gasteiger partial charge < -0.3 is 5.32 Å². The van der Waals surface area contributed by atoms with Crippen molar-refractivity contribution in [1.29, 1.82) is 0 Å². The summed E-state index contributed by atoms with van der Waals surface area (Å²) in [7, 11) is 0. The van der Waals surface area contributed by atoms with E-state index >= 15 is 0 Å². The molecular weight excluding hydrogens is 324 g/mol. The molecule has 1 amide bonds. The molecule has 0 aliphatic rings. The SMILES string of the molecule is CCc1cccc(C)c1NC(=O)[C@@H](C)Sc1ccc([N+](=O)[O-])cc1. The van der Waals surface area contributed by atoms with Crippen molar-refractivity contribution in [3.05, 3.63) is 63.7 Å². The number of amides is 1. The minimum Gasteiger partial charge on any atom is -0.325 e. The Bertz CT molecular complexity index is 744. The zero-order valence-electron chi connectivity index (χ0n) is 13.9. The highest BCUT2D eigenvalue weighted by atomic mass is 32.2. The Morgan fingerprint density at radius 1 is 1.25 bits per heavy atom. The number of nitrogens with one attached hydrogen (secondary N) is 1. The lowest BCUT2D eigenvalue weighted by molar-refractivity contribution is -0.384. The molecule has 0 aromatic heterocycles. The molecule has 5 nitrogen and oxygen atoms in total. The molecule has 6 heteroatoms. The van der Waals surface area contributed by atoms with E-state index in [0.717, 1.165) is 28.1 Å². The predicted molar refractivity (Wildman–Crippen MR) is 97.6 cm³/mol. The number of nitrogens with zero attached hydrogens (tertiary/aromatic N) is 1. The van der Waals surface area contributed by atoms with Crippen LogP contribution in [0.3, 0.4) is 0 Å². The van der Waals surface area contributed by atoms with E-state index in [1.807, 2.05) is 32.0 Å². The van der Waals surface area contributed by atoms with Gasteiger partial charge in [-0.3, -0.25) is 14.9 Å². The van der Waals surface area contributed by atoms with Gasteiger partial charge in [0.2, 0.25) is 5.91 Å². The van der Waals surface area contributed by atoms with Crippen LogP contribution >= 0.6 is 11.8 Å². The van der Waals surface area contributed by atoms with Crippen LogP contribution in [0.2, 0.25) is 0 Å². The first-order valence-electron chi connectivity index (χ1n) is 7.72. The van der Waals surface area contributed by atoms with Crippen LogP contribution in [0.5, 0.6) is 0 Å². The van der Waals surface area contributed by atoms with Crippen molar-refractivity contribution in [3.8, 4) is 0 Å². The van der Waals surface area contributed by atoms with Crippen LogP contribution in [0.25, 0.3) is 0 Å². The molecule has 0 aliphatic heterocycles. The summed E-state index contributed by atoms with van der Waals surface area (Å²) in [5.74, 6) is -0.0812. The summed E-state index contributed by atoms with van der Waals surface area (Å²) in [5.41, 5.74) is 3.07. The average molecular weight is 344 g/mol. The lowest BCUT2D eigenvalue weighted by atomic mass is 10.1. The van der Waals surface area contributed by atoms with Crippen LogP contribution in [-0.4, -0.2) is 16.1 Å². The fraction of sp³-hybridized carbons (Fsp3) is 0.278. The number of rotatable bonds is 6. The zero-order chi connectivity index (χ0) is 17.7. The van der Waals surface area contributed by atoms with Gasteiger partial charge in [-0.2, -0.15) is 0 Å². The Kier molecular flexibility index (Phi) is 5.98. The highest BCUT2D eigenvalue weighted by Crippen LogP contribution is 2.27. The van der Waals surface area contributed by atoms with E-state index in [1.54, 1.807) is 12.1 Å². The second-order valence-corrected chi connectivity index (χ2v) is 6.88. The molecule has 0 saturated carbocycles. The molecular formula is C18H20N2O3S. The fourth-order valence-electron chi connectivity index (χ4n) is 2.33.